The summed E-state index contributed by atoms with van der Waals surface area (Å²) >= 11 is 0. The molecule has 1 aromatic heterocycles. The third-order valence-corrected chi connectivity index (χ3v) is 3.01. The fourth-order valence-corrected chi connectivity index (χ4v) is 2.12. The molecule has 4 heteroatoms. The Balaban J connectivity index is 2.26. The smallest absolute Gasteiger partial charge is 0.143 e. The van der Waals surface area contributed by atoms with Gasteiger partial charge in [0, 0.05) is 24.2 Å². The molecular weight excluding hydrogens is 238 g/mol. The second-order valence-corrected chi connectivity index (χ2v) is 4.49. The number of hydrogen-bond acceptors (Lipinski definition) is 4. The third-order valence-electron chi connectivity index (χ3n) is 3.01. The van der Waals surface area contributed by atoms with E-state index in [1.54, 1.807) is 0 Å². The van der Waals surface area contributed by atoms with E-state index in [2.05, 4.69) is 21.4 Å². The monoisotopic (exact) mass is 257 g/mol. The first kappa shape index (κ1) is 13.6. The van der Waals surface area contributed by atoms with Crippen LogP contribution in [0.5, 0.6) is 0 Å². The van der Waals surface area contributed by atoms with Gasteiger partial charge < -0.3 is 5.11 Å². The normalized spacial score (nSPS) is 11.1. The Bertz CT molecular complexity index is 568. The van der Waals surface area contributed by atoms with E-state index < -0.39 is 0 Å². The number of aryl methyl sites for hydroxylation is 1. The molecule has 0 unspecified atom stereocenters. The SMILES string of the molecule is C=CCN(CCO)Cc1nc(C)c2ccccc2n1. The minimum absolute atomic E-state index is 0.125. The average molecular weight is 257 g/mol. The van der Waals surface area contributed by atoms with E-state index in [-0.39, 0.29) is 6.61 Å². The molecular formula is C15H19N3O. The standard InChI is InChI=1S/C15H19N3O/c1-3-8-18(9-10-19)11-15-16-12(2)13-6-4-5-7-14(13)17-15/h3-7,19H,1,8-11H2,2H3. The molecule has 0 atom stereocenters. The van der Waals surface area contributed by atoms with Crippen molar-refractivity contribution in [2.45, 2.75) is 13.5 Å². The first-order chi connectivity index (χ1) is 9.24. The Kier molecular flexibility index (Phi) is 4.60. The van der Waals surface area contributed by atoms with Crippen molar-refractivity contribution in [2.75, 3.05) is 19.7 Å². The van der Waals surface area contributed by atoms with Crippen molar-refractivity contribution in [1.29, 1.82) is 0 Å². The summed E-state index contributed by atoms with van der Waals surface area (Å²) in [6, 6.07) is 8.00. The summed E-state index contributed by atoms with van der Waals surface area (Å²) in [7, 11) is 0. The number of hydrogen-bond donors (Lipinski definition) is 1. The first-order valence-corrected chi connectivity index (χ1v) is 6.41. The predicted octanol–water partition coefficient (Wildman–Crippen LogP) is 1.92. The highest BCUT2D eigenvalue weighted by Gasteiger charge is 2.08. The van der Waals surface area contributed by atoms with E-state index in [1.807, 2.05) is 37.3 Å². The van der Waals surface area contributed by atoms with Crippen molar-refractivity contribution in [3.63, 3.8) is 0 Å². The summed E-state index contributed by atoms with van der Waals surface area (Å²) in [6.45, 7) is 7.79. The second kappa shape index (κ2) is 6.41. The van der Waals surface area contributed by atoms with Gasteiger partial charge in [-0.15, -0.1) is 6.58 Å². The summed E-state index contributed by atoms with van der Waals surface area (Å²) in [4.78, 5) is 11.2. The quantitative estimate of drug-likeness (QED) is 0.803. The molecule has 4 nitrogen and oxygen atoms in total. The number of benzene rings is 1. The molecule has 0 spiro atoms. The van der Waals surface area contributed by atoms with Gasteiger partial charge in [0.15, 0.2) is 0 Å². The van der Waals surface area contributed by atoms with E-state index in [0.717, 1.165) is 29.0 Å². The Morgan fingerprint density at radius 2 is 2.11 bits per heavy atom. The Morgan fingerprint density at radius 3 is 2.84 bits per heavy atom. The minimum Gasteiger partial charge on any atom is -0.395 e. The number of aliphatic hydroxyl groups is 1. The molecule has 2 rings (SSSR count). The minimum atomic E-state index is 0.125. The van der Waals surface area contributed by atoms with Crippen LogP contribution in [0.25, 0.3) is 10.9 Å². The molecule has 0 radical (unpaired) electrons. The van der Waals surface area contributed by atoms with Gasteiger partial charge in [0.1, 0.15) is 5.82 Å². The molecule has 0 bridgehead atoms. The lowest BCUT2D eigenvalue weighted by Gasteiger charge is -2.18. The van der Waals surface area contributed by atoms with E-state index in [9.17, 15) is 0 Å². The van der Waals surface area contributed by atoms with E-state index in [1.165, 1.54) is 0 Å². The maximum absolute atomic E-state index is 9.05. The van der Waals surface area contributed by atoms with Crippen LogP contribution in [0.15, 0.2) is 36.9 Å². The summed E-state index contributed by atoms with van der Waals surface area (Å²) in [5, 5.41) is 10.1. The zero-order valence-electron chi connectivity index (χ0n) is 11.2. The van der Waals surface area contributed by atoms with Gasteiger partial charge in [-0.1, -0.05) is 24.3 Å². The Labute approximate surface area is 113 Å². The maximum atomic E-state index is 9.05. The molecule has 1 heterocycles. The van der Waals surface area contributed by atoms with Crippen LogP contribution in [-0.2, 0) is 6.54 Å². The van der Waals surface area contributed by atoms with Crippen LogP contribution in [0.4, 0.5) is 0 Å². The van der Waals surface area contributed by atoms with Crippen molar-refractivity contribution in [3.8, 4) is 0 Å². The molecule has 0 fully saturated rings. The van der Waals surface area contributed by atoms with Gasteiger partial charge in [-0.2, -0.15) is 0 Å². The van der Waals surface area contributed by atoms with Crippen LogP contribution in [0, 0.1) is 6.92 Å². The number of rotatable bonds is 6. The topological polar surface area (TPSA) is 49.2 Å². The van der Waals surface area contributed by atoms with Crippen LogP contribution < -0.4 is 0 Å². The third kappa shape index (κ3) is 3.36. The second-order valence-electron chi connectivity index (χ2n) is 4.49. The lowest BCUT2D eigenvalue weighted by Crippen LogP contribution is -2.27. The van der Waals surface area contributed by atoms with Crippen molar-refractivity contribution < 1.29 is 5.11 Å². The van der Waals surface area contributed by atoms with Crippen molar-refractivity contribution in [3.05, 3.63) is 48.4 Å². The van der Waals surface area contributed by atoms with Gasteiger partial charge in [-0.3, -0.25) is 4.90 Å². The molecule has 0 saturated heterocycles. The number of fused-ring (bicyclic) bond motifs is 1. The summed E-state index contributed by atoms with van der Waals surface area (Å²) < 4.78 is 0. The predicted molar refractivity (Wildman–Crippen MR) is 76.8 cm³/mol. The average Bonchev–Trinajstić information content (AvgIpc) is 2.39. The number of para-hydroxylation sites is 1. The number of aliphatic hydroxyl groups excluding tert-OH is 1. The largest absolute Gasteiger partial charge is 0.395 e. The van der Waals surface area contributed by atoms with Crippen LogP contribution in [-0.4, -0.2) is 39.7 Å². The van der Waals surface area contributed by atoms with Gasteiger partial charge in [-0.25, -0.2) is 9.97 Å². The van der Waals surface area contributed by atoms with Crippen molar-refractivity contribution in [1.82, 2.24) is 14.9 Å². The van der Waals surface area contributed by atoms with E-state index >= 15 is 0 Å². The van der Waals surface area contributed by atoms with Crippen molar-refractivity contribution >= 4 is 10.9 Å². The maximum Gasteiger partial charge on any atom is 0.143 e. The molecule has 1 N–H and O–H groups in total. The molecule has 0 aliphatic rings. The van der Waals surface area contributed by atoms with E-state index in [4.69, 9.17) is 5.11 Å². The van der Waals surface area contributed by atoms with Crippen LogP contribution in [0.1, 0.15) is 11.5 Å². The summed E-state index contributed by atoms with van der Waals surface area (Å²) in [6.07, 6.45) is 1.82. The Morgan fingerprint density at radius 1 is 1.32 bits per heavy atom. The highest BCUT2D eigenvalue weighted by atomic mass is 16.3. The zero-order valence-corrected chi connectivity index (χ0v) is 11.2. The van der Waals surface area contributed by atoms with Crippen molar-refractivity contribution in [2.24, 2.45) is 0 Å². The lowest BCUT2D eigenvalue weighted by molar-refractivity contribution is 0.200. The molecule has 0 aliphatic carbocycles. The molecule has 0 saturated carbocycles. The van der Waals surface area contributed by atoms with Gasteiger partial charge in [-0.05, 0) is 13.0 Å². The van der Waals surface area contributed by atoms with Crippen LogP contribution in [0.3, 0.4) is 0 Å². The fourth-order valence-electron chi connectivity index (χ4n) is 2.12. The number of nitrogens with zero attached hydrogens (tertiary/aromatic N) is 3. The fraction of sp³-hybridized carbons (Fsp3) is 0.333. The molecule has 19 heavy (non-hydrogen) atoms. The lowest BCUT2D eigenvalue weighted by atomic mass is 10.2. The van der Waals surface area contributed by atoms with Crippen LogP contribution >= 0.6 is 0 Å². The van der Waals surface area contributed by atoms with E-state index in [0.29, 0.717) is 13.1 Å². The van der Waals surface area contributed by atoms with Gasteiger partial charge in [0.2, 0.25) is 0 Å². The molecule has 0 aliphatic heterocycles. The molecule has 2 aromatic rings. The first-order valence-electron chi connectivity index (χ1n) is 6.41. The molecule has 1 aromatic carbocycles. The Hall–Kier alpha value is -1.78. The zero-order chi connectivity index (χ0) is 13.7. The number of aromatic nitrogens is 2. The van der Waals surface area contributed by atoms with Gasteiger partial charge in [0.25, 0.3) is 0 Å². The summed E-state index contributed by atoms with van der Waals surface area (Å²) in [5.41, 5.74) is 1.95. The highest BCUT2D eigenvalue weighted by Crippen LogP contribution is 2.15. The molecule has 100 valence electrons. The summed E-state index contributed by atoms with van der Waals surface area (Å²) in [5.74, 6) is 0.784. The van der Waals surface area contributed by atoms with Gasteiger partial charge >= 0.3 is 0 Å². The highest BCUT2D eigenvalue weighted by molar-refractivity contribution is 5.80. The van der Waals surface area contributed by atoms with Gasteiger partial charge in [0.05, 0.1) is 18.7 Å². The van der Waals surface area contributed by atoms with Crippen LogP contribution in [0.2, 0.25) is 0 Å². The molecule has 0 amide bonds.